The third kappa shape index (κ3) is 4.70. The Bertz CT molecular complexity index is 683. The summed E-state index contributed by atoms with van der Waals surface area (Å²) >= 11 is 5.92. The highest BCUT2D eigenvalue weighted by Gasteiger charge is 2.12. The third-order valence-corrected chi connectivity index (χ3v) is 3.91. The Labute approximate surface area is 140 Å². The number of amides is 1. The van der Waals surface area contributed by atoms with E-state index in [1.54, 1.807) is 13.2 Å². The number of hydrogen-bond donors (Lipinski definition) is 1. The second-order valence-corrected chi connectivity index (χ2v) is 5.70. The van der Waals surface area contributed by atoms with Gasteiger partial charge in [0.15, 0.2) is 0 Å². The summed E-state index contributed by atoms with van der Waals surface area (Å²) in [6.07, 6.45) is 0.568. The van der Waals surface area contributed by atoms with Crippen LogP contribution >= 0.6 is 11.6 Å². The fraction of sp³-hybridized carbons (Fsp3) is 0.278. The van der Waals surface area contributed by atoms with E-state index in [0.29, 0.717) is 13.0 Å². The predicted molar refractivity (Wildman–Crippen MR) is 89.6 cm³/mol. The van der Waals surface area contributed by atoms with Crippen molar-refractivity contribution in [2.24, 2.45) is 0 Å². The van der Waals surface area contributed by atoms with Gasteiger partial charge in [-0.05, 0) is 37.1 Å². The molecule has 0 aliphatic rings. The van der Waals surface area contributed by atoms with Crippen LogP contribution in [-0.2, 0) is 17.6 Å². The van der Waals surface area contributed by atoms with E-state index in [0.717, 1.165) is 16.9 Å². The second kappa shape index (κ2) is 7.97. The first-order valence-corrected chi connectivity index (χ1v) is 7.72. The quantitative estimate of drug-likeness (QED) is 0.874. The van der Waals surface area contributed by atoms with E-state index >= 15 is 0 Å². The van der Waals surface area contributed by atoms with Crippen molar-refractivity contribution < 1.29 is 13.9 Å². The Morgan fingerprint density at radius 1 is 1.30 bits per heavy atom. The molecule has 0 radical (unpaired) electrons. The van der Waals surface area contributed by atoms with Crippen LogP contribution in [-0.4, -0.2) is 19.6 Å². The maximum absolute atomic E-state index is 13.7. The van der Waals surface area contributed by atoms with Gasteiger partial charge >= 0.3 is 0 Å². The smallest absolute Gasteiger partial charge is 0.224 e. The van der Waals surface area contributed by atoms with Crippen LogP contribution in [0.3, 0.4) is 0 Å². The molecule has 0 bridgehead atoms. The maximum atomic E-state index is 13.7. The summed E-state index contributed by atoms with van der Waals surface area (Å²) in [7, 11) is 1.62. The van der Waals surface area contributed by atoms with Crippen LogP contribution in [0.4, 0.5) is 4.39 Å². The number of carbonyl (C=O) groups excluding carboxylic acids is 1. The molecule has 0 atom stereocenters. The molecule has 122 valence electrons. The van der Waals surface area contributed by atoms with Gasteiger partial charge in [-0.3, -0.25) is 4.79 Å². The van der Waals surface area contributed by atoms with Crippen molar-refractivity contribution in [3.63, 3.8) is 0 Å². The Morgan fingerprint density at radius 3 is 2.78 bits per heavy atom. The summed E-state index contributed by atoms with van der Waals surface area (Å²) in [4.78, 5) is 12.0. The number of halogens is 2. The lowest BCUT2D eigenvalue weighted by molar-refractivity contribution is -0.120. The molecule has 5 heteroatoms. The molecular weight excluding hydrogens is 317 g/mol. The molecule has 2 aromatic carbocycles. The van der Waals surface area contributed by atoms with Crippen molar-refractivity contribution in [3.05, 3.63) is 63.9 Å². The number of hydrogen-bond acceptors (Lipinski definition) is 2. The summed E-state index contributed by atoms with van der Waals surface area (Å²) in [5, 5.41) is 3.05. The van der Waals surface area contributed by atoms with Gasteiger partial charge in [0.25, 0.3) is 0 Å². The van der Waals surface area contributed by atoms with E-state index in [2.05, 4.69) is 5.32 Å². The van der Waals surface area contributed by atoms with Gasteiger partial charge in [-0.1, -0.05) is 35.4 Å². The van der Waals surface area contributed by atoms with Gasteiger partial charge in [0, 0.05) is 17.1 Å². The van der Waals surface area contributed by atoms with Crippen molar-refractivity contribution in [2.75, 3.05) is 13.7 Å². The molecule has 0 heterocycles. The minimum atomic E-state index is -0.465. The van der Waals surface area contributed by atoms with Crippen LogP contribution in [0.1, 0.15) is 16.7 Å². The molecule has 1 N–H and O–H groups in total. The summed E-state index contributed by atoms with van der Waals surface area (Å²) in [6, 6.07) is 10.3. The zero-order chi connectivity index (χ0) is 16.8. The number of methoxy groups -OCH3 is 1. The molecule has 3 nitrogen and oxygen atoms in total. The molecule has 0 aliphatic carbocycles. The van der Waals surface area contributed by atoms with Gasteiger partial charge in [0.2, 0.25) is 5.91 Å². The fourth-order valence-electron chi connectivity index (χ4n) is 2.36. The number of carbonyl (C=O) groups is 1. The van der Waals surface area contributed by atoms with Crippen molar-refractivity contribution in [2.45, 2.75) is 19.8 Å². The van der Waals surface area contributed by atoms with Gasteiger partial charge in [0.1, 0.15) is 11.6 Å². The highest BCUT2D eigenvalue weighted by Crippen LogP contribution is 2.20. The Morgan fingerprint density at radius 2 is 2.09 bits per heavy atom. The predicted octanol–water partition coefficient (Wildman–Crippen LogP) is 3.70. The molecule has 0 aromatic heterocycles. The molecule has 0 unspecified atom stereocenters. The van der Waals surface area contributed by atoms with Gasteiger partial charge in [-0.2, -0.15) is 0 Å². The van der Waals surface area contributed by atoms with Crippen molar-refractivity contribution in [1.82, 2.24) is 5.32 Å². The summed E-state index contributed by atoms with van der Waals surface area (Å²) in [5.74, 6) is 0.0682. The lowest BCUT2D eigenvalue weighted by Gasteiger charge is -2.11. The van der Waals surface area contributed by atoms with Gasteiger partial charge in [0.05, 0.1) is 13.5 Å². The minimum absolute atomic E-state index is 0.0730. The summed E-state index contributed by atoms with van der Waals surface area (Å²) in [6.45, 7) is 2.45. The lowest BCUT2D eigenvalue weighted by atomic mass is 10.1. The van der Waals surface area contributed by atoms with Crippen LogP contribution in [0.25, 0.3) is 0 Å². The van der Waals surface area contributed by atoms with Gasteiger partial charge in [-0.25, -0.2) is 4.39 Å². The van der Waals surface area contributed by atoms with Gasteiger partial charge < -0.3 is 10.1 Å². The molecule has 0 spiro atoms. The van der Waals surface area contributed by atoms with E-state index in [9.17, 15) is 9.18 Å². The number of nitrogens with one attached hydrogen (secondary N) is 1. The highest BCUT2D eigenvalue weighted by molar-refractivity contribution is 6.31. The van der Waals surface area contributed by atoms with E-state index in [4.69, 9.17) is 16.3 Å². The molecular formula is C18H19ClFNO2. The first kappa shape index (κ1) is 17.3. The number of benzene rings is 2. The van der Waals surface area contributed by atoms with Crippen molar-refractivity contribution in [3.8, 4) is 5.75 Å². The van der Waals surface area contributed by atoms with E-state index in [1.807, 2.05) is 25.1 Å². The highest BCUT2D eigenvalue weighted by atomic mass is 35.5. The Hall–Kier alpha value is -2.07. The molecule has 2 rings (SSSR count). The third-order valence-electron chi connectivity index (χ3n) is 3.55. The molecule has 0 aliphatic heterocycles. The van der Waals surface area contributed by atoms with Crippen LogP contribution in [0.15, 0.2) is 36.4 Å². The molecule has 2 aromatic rings. The maximum Gasteiger partial charge on any atom is 0.224 e. The number of aryl methyl sites for hydroxylation is 1. The van der Waals surface area contributed by atoms with Crippen molar-refractivity contribution >= 4 is 17.5 Å². The van der Waals surface area contributed by atoms with Crippen LogP contribution in [0.5, 0.6) is 5.75 Å². The Balaban J connectivity index is 1.92. The van der Waals surface area contributed by atoms with Crippen LogP contribution < -0.4 is 10.1 Å². The van der Waals surface area contributed by atoms with Crippen molar-refractivity contribution in [1.29, 1.82) is 0 Å². The van der Waals surface area contributed by atoms with Crippen LogP contribution in [0.2, 0.25) is 5.02 Å². The minimum Gasteiger partial charge on any atom is -0.496 e. The summed E-state index contributed by atoms with van der Waals surface area (Å²) < 4.78 is 19.0. The van der Waals surface area contributed by atoms with Crippen LogP contribution in [0, 0.1) is 12.7 Å². The standard InChI is InChI=1S/C18H19ClFNO2/c1-12-6-7-17(23-2)13(10-12)8-9-21-18(22)11-14-15(19)4-3-5-16(14)20/h3-7,10H,8-9,11H2,1-2H3,(H,21,22). The monoisotopic (exact) mass is 335 g/mol. The average Bonchev–Trinajstić information content (AvgIpc) is 2.51. The van der Waals surface area contributed by atoms with Gasteiger partial charge in [-0.15, -0.1) is 0 Å². The first-order chi connectivity index (χ1) is 11.0. The topological polar surface area (TPSA) is 38.3 Å². The average molecular weight is 336 g/mol. The number of rotatable bonds is 6. The van der Waals surface area contributed by atoms with E-state index < -0.39 is 5.82 Å². The SMILES string of the molecule is COc1ccc(C)cc1CCNC(=O)Cc1c(F)cccc1Cl. The molecule has 0 saturated carbocycles. The normalized spacial score (nSPS) is 10.4. The second-order valence-electron chi connectivity index (χ2n) is 5.29. The zero-order valence-corrected chi connectivity index (χ0v) is 13.9. The summed E-state index contributed by atoms with van der Waals surface area (Å²) in [5.41, 5.74) is 2.38. The largest absolute Gasteiger partial charge is 0.496 e. The fourth-order valence-corrected chi connectivity index (χ4v) is 2.59. The zero-order valence-electron chi connectivity index (χ0n) is 13.2. The lowest BCUT2D eigenvalue weighted by Crippen LogP contribution is -2.27. The number of ether oxygens (including phenoxy) is 1. The Kier molecular flexibility index (Phi) is 5.99. The van der Waals surface area contributed by atoms with E-state index in [-0.39, 0.29) is 22.9 Å². The molecule has 23 heavy (non-hydrogen) atoms. The van der Waals surface area contributed by atoms with E-state index in [1.165, 1.54) is 12.1 Å². The molecule has 1 amide bonds. The molecule has 0 saturated heterocycles. The first-order valence-electron chi connectivity index (χ1n) is 7.34. The molecule has 0 fully saturated rings.